The largest absolute Gasteiger partial charge is 0.461 e. The van der Waals surface area contributed by atoms with Crippen LogP contribution in [0.3, 0.4) is 0 Å². The molecule has 0 heterocycles. The fourth-order valence-electron chi connectivity index (χ4n) is 2.34. The van der Waals surface area contributed by atoms with Crippen LogP contribution in [0.25, 0.3) is 0 Å². The summed E-state index contributed by atoms with van der Waals surface area (Å²) in [5.74, 6) is -4.47. The second-order valence-electron chi connectivity index (χ2n) is 6.42. The number of alkyl halides is 2. The third kappa shape index (κ3) is 10.4. The number of halogens is 2. The van der Waals surface area contributed by atoms with E-state index in [-0.39, 0.29) is 11.3 Å². The summed E-state index contributed by atoms with van der Waals surface area (Å²) < 4.78 is 19.4. The van der Waals surface area contributed by atoms with Gasteiger partial charge in [-0.1, -0.05) is 23.2 Å². The van der Waals surface area contributed by atoms with Gasteiger partial charge in [-0.2, -0.15) is 0 Å². The summed E-state index contributed by atoms with van der Waals surface area (Å²) in [6.45, 7) is 0.0185. The van der Waals surface area contributed by atoms with E-state index in [0.29, 0.717) is 0 Å². The fourth-order valence-corrected chi connectivity index (χ4v) is 2.47. The molecule has 0 aliphatic heterocycles. The van der Waals surface area contributed by atoms with Gasteiger partial charge >= 0.3 is 23.9 Å². The number of nitro groups is 1. The Bertz CT molecular complexity index is 921. The molecule has 0 aromatic heterocycles. The third-order valence-corrected chi connectivity index (χ3v) is 4.19. The zero-order valence-corrected chi connectivity index (χ0v) is 19.4. The lowest BCUT2D eigenvalue weighted by Crippen LogP contribution is -2.46. The van der Waals surface area contributed by atoms with Gasteiger partial charge < -0.3 is 24.3 Å². The van der Waals surface area contributed by atoms with Crippen molar-refractivity contribution >= 4 is 58.7 Å². The quantitative estimate of drug-likeness (QED) is 0.137. The van der Waals surface area contributed by atoms with E-state index >= 15 is 0 Å². The van der Waals surface area contributed by atoms with Crippen LogP contribution in [0.15, 0.2) is 24.3 Å². The molecule has 0 bridgehead atoms. The third-order valence-electron chi connectivity index (χ3n) is 3.79. The molecule has 2 atom stereocenters. The van der Waals surface area contributed by atoms with E-state index in [4.69, 9.17) is 32.7 Å². The standard InChI is InChI=1S/C19H20Cl2N2O11/c1-10(24)31-8-15(26)33-7-14(22-19(28)18(20)21)17(34-16(27)9-32-11(2)25)12-3-5-13(6-4-12)23(29)30/h3-6,14,17-18H,7-9H2,1-2H3,(H,22,28)/t14-,17-/m1/s1. The zero-order chi connectivity index (χ0) is 25.8. The number of carbonyl (C=O) groups excluding carboxylic acids is 5. The monoisotopic (exact) mass is 522 g/mol. The Morgan fingerprint density at radius 2 is 1.47 bits per heavy atom. The van der Waals surface area contributed by atoms with Gasteiger partial charge in [0.15, 0.2) is 24.2 Å². The first-order valence-corrected chi connectivity index (χ1v) is 10.2. The lowest BCUT2D eigenvalue weighted by Gasteiger charge is -2.28. The lowest BCUT2D eigenvalue weighted by atomic mass is 10.0. The predicted octanol–water partition coefficient (Wildman–Crippen LogP) is 1.14. The summed E-state index contributed by atoms with van der Waals surface area (Å²) in [6, 6.07) is 3.39. The number of esters is 4. The van der Waals surface area contributed by atoms with Crippen molar-refractivity contribution in [3.63, 3.8) is 0 Å². The number of hydrogen-bond donors (Lipinski definition) is 1. The van der Waals surface area contributed by atoms with Crippen LogP contribution in [0.1, 0.15) is 25.5 Å². The Labute approximate surface area is 202 Å². The van der Waals surface area contributed by atoms with Gasteiger partial charge in [-0.3, -0.25) is 24.5 Å². The second-order valence-corrected chi connectivity index (χ2v) is 7.51. The van der Waals surface area contributed by atoms with Crippen LogP contribution in [0.4, 0.5) is 5.69 Å². The first-order chi connectivity index (χ1) is 15.9. The minimum Gasteiger partial charge on any atom is -0.461 e. The predicted molar refractivity (Wildman–Crippen MR) is 114 cm³/mol. The molecule has 13 nitrogen and oxygen atoms in total. The number of amides is 1. The van der Waals surface area contributed by atoms with Crippen LogP contribution in [0.2, 0.25) is 0 Å². The highest BCUT2D eigenvalue weighted by Crippen LogP contribution is 2.25. The van der Waals surface area contributed by atoms with Gasteiger partial charge in [-0.05, 0) is 17.7 Å². The molecule has 0 spiro atoms. The van der Waals surface area contributed by atoms with Crippen molar-refractivity contribution in [3.05, 3.63) is 39.9 Å². The average Bonchev–Trinajstić information content (AvgIpc) is 2.77. The van der Waals surface area contributed by atoms with E-state index in [0.717, 1.165) is 26.0 Å². The molecule has 1 aromatic rings. The number of nitrogens with zero attached hydrogens (tertiary/aromatic N) is 1. The maximum Gasteiger partial charge on any atom is 0.344 e. The maximum atomic E-state index is 12.2. The Morgan fingerprint density at radius 1 is 0.941 bits per heavy atom. The molecule has 0 fully saturated rings. The van der Waals surface area contributed by atoms with E-state index in [2.05, 4.69) is 14.8 Å². The van der Waals surface area contributed by atoms with Gasteiger partial charge in [0.05, 0.1) is 4.92 Å². The Morgan fingerprint density at radius 3 is 1.94 bits per heavy atom. The Kier molecular flexibility index (Phi) is 11.7. The highest BCUT2D eigenvalue weighted by Gasteiger charge is 2.32. The molecule has 1 aromatic carbocycles. The van der Waals surface area contributed by atoms with Gasteiger partial charge in [0.2, 0.25) is 0 Å². The number of benzene rings is 1. The highest BCUT2D eigenvalue weighted by molar-refractivity contribution is 6.53. The number of non-ortho nitro benzene ring substituents is 1. The minimum atomic E-state index is -1.55. The molecular weight excluding hydrogens is 503 g/mol. The van der Waals surface area contributed by atoms with Crippen molar-refractivity contribution < 1.29 is 47.8 Å². The Balaban J connectivity index is 3.22. The summed E-state index contributed by atoms with van der Waals surface area (Å²) in [4.78, 5) is 66.7. The van der Waals surface area contributed by atoms with Crippen molar-refractivity contribution in [1.29, 1.82) is 0 Å². The van der Waals surface area contributed by atoms with Gasteiger partial charge in [0, 0.05) is 26.0 Å². The fraction of sp³-hybridized carbons (Fsp3) is 0.421. The topological polar surface area (TPSA) is 177 Å². The molecule has 34 heavy (non-hydrogen) atoms. The van der Waals surface area contributed by atoms with E-state index in [1.807, 2.05) is 0 Å². The van der Waals surface area contributed by atoms with Gasteiger partial charge in [0.1, 0.15) is 12.6 Å². The van der Waals surface area contributed by atoms with Crippen LogP contribution in [-0.2, 0) is 42.9 Å². The zero-order valence-electron chi connectivity index (χ0n) is 17.9. The summed E-state index contributed by atoms with van der Waals surface area (Å²) in [7, 11) is 0. The molecule has 186 valence electrons. The molecule has 0 radical (unpaired) electrons. The summed E-state index contributed by atoms with van der Waals surface area (Å²) in [6.07, 6.45) is -1.40. The van der Waals surface area contributed by atoms with E-state index in [1.54, 1.807) is 0 Å². The van der Waals surface area contributed by atoms with Crippen molar-refractivity contribution in [2.45, 2.75) is 30.8 Å². The van der Waals surface area contributed by atoms with Crippen molar-refractivity contribution in [1.82, 2.24) is 5.32 Å². The molecular formula is C19H20Cl2N2O11. The summed E-state index contributed by atoms with van der Waals surface area (Å²) in [5, 5.41) is 13.3. The number of nitro benzene ring substituents is 1. The number of nitrogens with one attached hydrogen (secondary N) is 1. The number of hydrogen-bond acceptors (Lipinski definition) is 11. The molecule has 0 aliphatic rings. The molecule has 1 amide bonds. The van der Waals surface area contributed by atoms with E-state index in [1.165, 1.54) is 12.1 Å². The van der Waals surface area contributed by atoms with Crippen LogP contribution in [0.5, 0.6) is 0 Å². The van der Waals surface area contributed by atoms with Crippen molar-refractivity contribution in [2.75, 3.05) is 19.8 Å². The van der Waals surface area contributed by atoms with Gasteiger partial charge in [0.25, 0.3) is 11.6 Å². The first kappa shape index (κ1) is 28.6. The van der Waals surface area contributed by atoms with Gasteiger partial charge in [-0.15, -0.1) is 0 Å². The molecule has 0 aliphatic carbocycles. The lowest BCUT2D eigenvalue weighted by molar-refractivity contribution is -0.384. The highest BCUT2D eigenvalue weighted by atomic mass is 35.5. The molecule has 15 heteroatoms. The van der Waals surface area contributed by atoms with Crippen molar-refractivity contribution in [3.8, 4) is 0 Å². The molecule has 0 saturated heterocycles. The molecule has 1 N–H and O–H groups in total. The number of rotatable bonds is 12. The van der Waals surface area contributed by atoms with Crippen LogP contribution < -0.4 is 5.32 Å². The second kappa shape index (κ2) is 14.0. The SMILES string of the molecule is CC(=O)OCC(=O)OC[C@@H](NC(=O)C(Cl)Cl)[C@H](OC(=O)COC(C)=O)c1ccc([N+](=O)[O-])cc1. The molecule has 0 saturated carbocycles. The summed E-state index contributed by atoms with van der Waals surface area (Å²) in [5.41, 5.74) is -0.132. The number of ether oxygens (including phenoxy) is 4. The van der Waals surface area contributed by atoms with E-state index < -0.39 is 71.5 Å². The van der Waals surface area contributed by atoms with Crippen LogP contribution >= 0.6 is 23.2 Å². The molecule has 0 unspecified atom stereocenters. The van der Waals surface area contributed by atoms with Crippen molar-refractivity contribution in [2.24, 2.45) is 0 Å². The maximum absolute atomic E-state index is 12.2. The number of carbonyl (C=O) groups is 5. The Hall–Kier alpha value is -3.45. The normalized spacial score (nSPS) is 12.1. The summed E-state index contributed by atoms with van der Waals surface area (Å²) >= 11 is 11.1. The average molecular weight is 523 g/mol. The van der Waals surface area contributed by atoms with Crippen LogP contribution in [0, 0.1) is 10.1 Å². The first-order valence-electron chi connectivity index (χ1n) is 9.35. The van der Waals surface area contributed by atoms with Crippen LogP contribution in [-0.4, -0.2) is 65.4 Å². The smallest absolute Gasteiger partial charge is 0.344 e. The molecule has 1 rings (SSSR count). The van der Waals surface area contributed by atoms with Gasteiger partial charge in [-0.25, -0.2) is 9.59 Å². The minimum absolute atomic E-state index is 0.142. The van der Waals surface area contributed by atoms with E-state index in [9.17, 15) is 34.1 Å².